The SMILES string of the molecule is COC(=O)C1=C(c2ccc(OC)cc2)NC(=O)NC1c1cc(Cl)cc(OC)c1O. The van der Waals surface area contributed by atoms with Crippen LogP contribution in [-0.4, -0.2) is 38.4 Å². The lowest BCUT2D eigenvalue weighted by atomic mass is 9.92. The molecule has 0 saturated carbocycles. The minimum atomic E-state index is -1.03. The number of rotatable bonds is 5. The van der Waals surface area contributed by atoms with Gasteiger partial charge in [0.15, 0.2) is 11.5 Å². The summed E-state index contributed by atoms with van der Waals surface area (Å²) in [6.45, 7) is 0. The van der Waals surface area contributed by atoms with Crippen LogP contribution in [-0.2, 0) is 9.53 Å². The van der Waals surface area contributed by atoms with E-state index in [1.165, 1.54) is 33.5 Å². The first-order valence-corrected chi connectivity index (χ1v) is 8.88. The van der Waals surface area contributed by atoms with Gasteiger partial charge in [0.2, 0.25) is 0 Å². The first-order chi connectivity index (χ1) is 13.9. The van der Waals surface area contributed by atoms with Crippen molar-refractivity contribution in [2.75, 3.05) is 21.3 Å². The number of benzene rings is 2. The van der Waals surface area contributed by atoms with Gasteiger partial charge in [-0.05, 0) is 35.9 Å². The highest BCUT2D eigenvalue weighted by Crippen LogP contribution is 2.41. The lowest BCUT2D eigenvalue weighted by Crippen LogP contribution is -2.45. The van der Waals surface area contributed by atoms with E-state index in [9.17, 15) is 14.7 Å². The number of amides is 2. The molecule has 1 aliphatic heterocycles. The number of hydrogen-bond acceptors (Lipinski definition) is 6. The maximum absolute atomic E-state index is 12.7. The maximum Gasteiger partial charge on any atom is 0.338 e. The molecule has 9 heteroatoms. The van der Waals surface area contributed by atoms with Gasteiger partial charge in [0.1, 0.15) is 5.75 Å². The normalized spacial score (nSPS) is 16.0. The molecule has 2 aromatic rings. The van der Waals surface area contributed by atoms with Gasteiger partial charge in [0.05, 0.1) is 38.6 Å². The summed E-state index contributed by atoms with van der Waals surface area (Å²) < 4.78 is 15.2. The van der Waals surface area contributed by atoms with E-state index in [4.69, 9.17) is 25.8 Å². The second kappa shape index (κ2) is 8.32. The fourth-order valence-corrected chi connectivity index (χ4v) is 3.30. The van der Waals surface area contributed by atoms with Crippen LogP contribution in [0.15, 0.2) is 42.0 Å². The second-order valence-electron chi connectivity index (χ2n) is 6.09. The molecule has 0 spiro atoms. The number of phenols is 1. The number of carbonyl (C=O) groups excluding carboxylic acids is 2. The average molecular weight is 419 g/mol. The fraction of sp³-hybridized carbons (Fsp3) is 0.200. The van der Waals surface area contributed by atoms with Crippen LogP contribution in [0.25, 0.3) is 5.70 Å². The van der Waals surface area contributed by atoms with E-state index >= 15 is 0 Å². The summed E-state index contributed by atoms with van der Waals surface area (Å²) in [5.41, 5.74) is 1.08. The standard InChI is InChI=1S/C20H19ClN2O6/c1-27-12-6-4-10(5-7-12)16-15(19(25)29-3)17(23-20(26)22-16)13-8-11(21)9-14(28-2)18(13)24/h4-9,17,24H,1-3H3,(H2,22,23,26). The maximum atomic E-state index is 12.7. The van der Waals surface area contributed by atoms with Gasteiger partial charge in [-0.3, -0.25) is 0 Å². The number of aromatic hydroxyl groups is 1. The largest absolute Gasteiger partial charge is 0.504 e. The topological polar surface area (TPSA) is 106 Å². The third-order valence-electron chi connectivity index (χ3n) is 4.46. The van der Waals surface area contributed by atoms with Crippen molar-refractivity contribution in [2.24, 2.45) is 0 Å². The molecule has 1 aliphatic rings. The molecule has 2 amide bonds. The van der Waals surface area contributed by atoms with E-state index in [-0.39, 0.29) is 33.4 Å². The van der Waals surface area contributed by atoms with Crippen LogP contribution in [0.3, 0.4) is 0 Å². The Morgan fingerprint density at radius 1 is 1.10 bits per heavy atom. The van der Waals surface area contributed by atoms with E-state index in [0.29, 0.717) is 11.3 Å². The summed E-state index contributed by atoms with van der Waals surface area (Å²) in [4.78, 5) is 25.1. The molecule has 0 radical (unpaired) electrons. The molecule has 3 N–H and O–H groups in total. The quantitative estimate of drug-likeness (QED) is 0.644. The first-order valence-electron chi connectivity index (χ1n) is 8.50. The predicted molar refractivity (Wildman–Crippen MR) is 106 cm³/mol. The minimum absolute atomic E-state index is 0.0943. The Morgan fingerprint density at radius 2 is 1.79 bits per heavy atom. The van der Waals surface area contributed by atoms with Gasteiger partial charge < -0.3 is 30.0 Å². The van der Waals surface area contributed by atoms with E-state index in [1.54, 1.807) is 24.3 Å². The molecule has 0 aliphatic carbocycles. The molecule has 0 aromatic heterocycles. The fourth-order valence-electron chi connectivity index (χ4n) is 3.08. The third kappa shape index (κ3) is 3.93. The summed E-state index contributed by atoms with van der Waals surface area (Å²) in [7, 11) is 4.13. The Kier molecular flexibility index (Phi) is 5.84. The molecule has 1 heterocycles. The highest BCUT2D eigenvalue weighted by molar-refractivity contribution is 6.30. The van der Waals surface area contributed by atoms with Crippen LogP contribution in [0.5, 0.6) is 17.2 Å². The molecule has 0 saturated heterocycles. The molecular formula is C20H19ClN2O6. The van der Waals surface area contributed by atoms with E-state index in [2.05, 4.69) is 10.6 Å². The van der Waals surface area contributed by atoms with E-state index < -0.39 is 18.0 Å². The van der Waals surface area contributed by atoms with Crippen molar-refractivity contribution in [3.8, 4) is 17.2 Å². The molecule has 3 rings (SSSR count). The smallest absolute Gasteiger partial charge is 0.338 e. The van der Waals surface area contributed by atoms with Gasteiger partial charge in [0.25, 0.3) is 0 Å². The van der Waals surface area contributed by atoms with Crippen molar-refractivity contribution in [2.45, 2.75) is 6.04 Å². The molecule has 1 atom stereocenters. The van der Waals surface area contributed by atoms with Crippen LogP contribution < -0.4 is 20.1 Å². The summed E-state index contributed by atoms with van der Waals surface area (Å²) in [5, 5.41) is 16.1. The number of hydrogen-bond donors (Lipinski definition) is 3. The van der Waals surface area contributed by atoms with E-state index in [1.807, 2.05) is 0 Å². The first kappa shape index (κ1) is 20.3. The number of carbonyl (C=O) groups is 2. The van der Waals surface area contributed by atoms with Crippen molar-refractivity contribution in [1.29, 1.82) is 0 Å². The van der Waals surface area contributed by atoms with Crippen molar-refractivity contribution < 1.29 is 28.9 Å². The number of phenolic OH excluding ortho intramolecular Hbond substituents is 1. The predicted octanol–water partition coefficient (Wildman–Crippen LogP) is 3.00. The van der Waals surface area contributed by atoms with Crippen LogP contribution in [0.2, 0.25) is 5.02 Å². The highest BCUT2D eigenvalue weighted by Gasteiger charge is 2.36. The molecule has 29 heavy (non-hydrogen) atoms. The highest BCUT2D eigenvalue weighted by atomic mass is 35.5. The Morgan fingerprint density at radius 3 is 2.38 bits per heavy atom. The number of esters is 1. The Labute approximate surface area is 172 Å². The van der Waals surface area contributed by atoms with Crippen LogP contribution in [0.1, 0.15) is 17.2 Å². The zero-order chi connectivity index (χ0) is 21.1. The summed E-state index contributed by atoms with van der Waals surface area (Å²) in [5.74, 6) is -0.218. The van der Waals surface area contributed by atoms with Crippen LogP contribution in [0, 0.1) is 0 Å². The molecule has 0 fully saturated rings. The van der Waals surface area contributed by atoms with Crippen molar-refractivity contribution in [3.63, 3.8) is 0 Å². The van der Waals surface area contributed by atoms with Gasteiger partial charge >= 0.3 is 12.0 Å². The summed E-state index contributed by atoms with van der Waals surface area (Å²) >= 11 is 6.14. The van der Waals surface area contributed by atoms with Crippen molar-refractivity contribution in [1.82, 2.24) is 10.6 Å². The molecule has 8 nitrogen and oxygen atoms in total. The molecular weight excluding hydrogens is 400 g/mol. The van der Waals surface area contributed by atoms with Gasteiger partial charge in [0, 0.05) is 16.7 Å². The lowest BCUT2D eigenvalue weighted by Gasteiger charge is -2.30. The number of methoxy groups -OCH3 is 3. The Hall–Kier alpha value is -3.39. The minimum Gasteiger partial charge on any atom is -0.504 e. The molecule has 152 valence electrons. The zero-order valence-corrected chi connectivity index (χ0v) is 16.7. The monoisotopic (exact) mass is 418 g/mol. The second-order valence-corrected chi connectivity index (χ2v) is 6.52. The van der Waals surface area contributed by atoms with Crippen LogP contribution in [0.4, 0.5) is 4.79 Å². The molecule has 0 bridgehead atoms. The average Bonchev–Trinajstić information content (AvgIpc) is 2.74. The van der Waals surface area contributed by atoms with Crippen molar-refractivity contribution >= 4 is 29.3 Å². The number of nitrogens with one attached hydrogen (secondary N) is 2. The van der Waals surface area contributed by atoms with Gasteiger partial charge in [-0.15, -0.1) is 0 Å². The lowest BCUT2D eigenvalue weighted by molar-refractivity contribution is -0.136. The van der Waals surface area contributed by atoms with Crippen molar-refractivity contribution in [3.05, 3.63) is 58.1 Å². The Balaban J connectivity index is 2.24. The zero-order valence-electron chi connectivity index (χ0n) is 15.9. The van der Waals surface area contributed by atoms with Gasteiger partial charge in [-0.1, -0.05) is 11.6 Å². The third-order valence-corrected chi connectivity index (χ3v) is 4.67. The van der Waals surface area contributed by atoms with E-state index in [0.717, 1.165) is 0 Å². The summed E-state index contributed by atoms with van der Waals surface area (Å²) in [6, 6.07) is 8.06. The molecule has 1 unspecified atom stereocenters. The van der Waals surface area contributed by atoms with Gasteiger partial charge in [-0.2, -0.15) is 0 Å². The number of ether oxygens (including phenoxy) is 3. The van der Waals surface area contributed by atoms with Gasteiger partial charge in [-0.25, -0.2) is 9.59 Å². The molecule has 2 aromatic carbocycles. The van der Waals surface area contributed by atoms with Crippen LogP contribution >= 0.6 is 11.6 Å². The Bertz CT molecular complexity index is 987. The number of urea groups is 1. The number of halogens is 1. The summed E-state index contributed by atoms with van der Waals surface area (Å²) in [6.07, 6.45) is 0.